The first-order chi connectivity index (χ1) is 14.4. The van der Waals surface area contributed by atoms with Crippen molar-refractivity contribution in [2.75, 3.05) is 0 Å². The molecule has 1 unspecified atom stereocenters. The van der Waals surface area contributed by atoms with E-state index in [1.807, 2.05) is 30.3 Å². The van der Waals surface area contributed by atoms with Crippen LogP contribution >= 0.6 is 0 Å². The lowest BCUT2D eigenvalue weighted by Gasteiger charge is -2.12. The first-order valence-electron chi connectivity index (χ1n) is 9.59. The van der Waals surface area contributed by atoms with E-state index in [4.69, 9.17) is 0 Å². The third-order valence-corrected chi connectivity index (χ3v) is 5.02. The molecular formula is C24H21NO5. The van der Waals surface area contributed by atoms with E-state index in [1.165, 1.54) is 12.1 Å². The van der Waals surface area contributed by atoms with E-state index in [0.29, 0.717) is 18.4 Å². The minimum atomic E-state index is -0.971. The fourth-order valence-electron chi connectivity index (χ4n) is 3.26. The first-order valence-corrected chi connectivity index (χ1v) is 9.59. The maximum absolute atomic E-state index is 12.6. The van der Waals surface area contributed by atoms with Crippen LogP contribution in [0.1, 0.15) is 28.8 Å². The largest absolute Gasteiger partial charge is 0.481 e. The Labute approximate surface area is 174 Å². The number of aryl methyl sites for hydroxylation is 1. The monoisotopic (exact) mass is 403 g/mol. The number of nitro groups is 1. The zero-order chi connectivity index (χ0) is 21.5. The maximum atomic E-state index is 12.6. The van der Waals surface area contributed by atoms with Gasteiger partial charge in [0.2, 0.25) is 0 Å². The van der Waals surface area contributed by atoms with Gasteiger partial charge in [0.05, 0.1) is 10.8 Å². The van der Waals surface area contributed by atoms with Crippen molar-refractivity contribution in [1.82, 2.24) is 0 Å². The van der Waals surface area contributed by atoms with Crippen molar-refractivity contribution in [2.24, 2.45) is 5.92 Å². The van der Waals surface area contributed by atoms with Gasteiger partial charge in [-0.2, -0.15) is 0 Å². The highest BCUT2D eigenvalue weighted by Gasteiger charge is 2.22. The van der Waals surface area contributed by atoms with Crippen LogP contribution in [0.2, 0.25) is 0 Å². The minimum Gasteiger partial charge on any atom is -0.481 e. The normalized spacial score (nSPS) is 11.6. The Morgan fingerprint density at radius 2 is 1.43 bits per heavy atom. The van der Waals surface area contributed by atoms with E-state index in [9.17, 15) is 24.8 Å². The Morgan fingerprint density at radius 3 is 1.97 bits per heavy atom. The van der Waals surface area contributed by atoms with Crippen LogP contribution < -0.4 is 0 Å². The van der Waals surface area contributed by atoms with Gasteiger partial charge in [-0.1, -0.05) is 54.6 Å². The number of ketones is 1. The highest BCUT2D eigenvalue weighted by Crippen LogP contribution is 2.24. The zero-order valence-electron chi connectivity index (χ0n) is 16.2. The molecule has 0 bridgehead atoms. The summed E-state index contributed by atoms with van der Waals surface area (Å²) in [5.41, 5.74) is 3.13. The molecule has 30 heavy (non-hydrogen) atoms. The lowest BCUT2D eigenvalue weighted by atomic mass is 9.92. The Bertz CT molecular complexity index is 1030. The van der Waals surface area contributed by atoms with Gasteiger partial charge in [0.1, 0.15) is 0 Å². The van der Waals surface area contributed by atoms with E-state index in [2.05, 4.69) is 0 Å². The Balaban J connectivity index is 1.65. The number of non-ortho nitro benzene ring substituents is 1. The van der Waals surface area contributed by atoms with Crippen LogP contribution in [-0.2, 0) is 11.2 Å². The second-order valence-corrected chi connectivity index (χ2v) is 7.07. The third kappa shape index (κ3) is 5.38. The average molecular weight is 403 g/mol. The van der Waals surface area contributed by atoms with E-state index >= 15 is 0 Å². The van der Waals surface area contributed by atoms with Gasteiger partial charge < -0.3 is 5.11 Å². The van der Waals surface area contributed by atoms with E-state index in [0.717, 1.165) is 16.7 Å². The molecule has 0 amide bonds. The number of rotatable bonds is 9. The van der Waals surface area contributed by atoms with Gasteiger partial charge in [-0.05, 0) is 41.7 Å². The number of hydrogen-bond donors (Lipinski definition) is 1. The van der Waals surface area contributed by atoms with Gasteiger partial charge in [0.25, 0.3) is 5.69 Å². The Hall–Kier alpha value is -3.80. The lowest BCUT2D eigenvalue weighted by molar-refractivity contribution is -0.384. The lowest BCUT2D eigenvalue weighted by Crippen LogP contribution is -2.19. The summed E-state index contributed by atoms with van der Waals surface area (Å²) in [5, 5.41) is 20.3. The van der Waals surface area contributed by atoms with Crippen LogP contribution in [-0.4, -0.2) is 21.8 Å². The molecule has 6 nitrogen and oxygen atoms in total. The smallest absolute Gasteiger partial charge is 0.306 e. The number of carbonyl (C=O) groups is 2. The van der Waals surface area contributed by atoms with E-state index < -0.39 is 16.8 Å². The fourth-order valence-corrected chi connectivity index (χ4v) is 3.26. The van der Waals surface area contributed by atoms with Crippen molar-refractivity contribution in [3.63, 3.8) is 0 Å². The van der Waals surface area contributed by atoms with Crippen LogP contribution in [0.3, 0.4) is 0 Å². The van der Waals surface area contributed by atoms with Crippen molar-refractivity contribution >= 4 is 17.4 Å². The van der Waals surface area contributed by atoms with Crippen molar-refractivity contribution in [3.8, 4) is 11.1 Å². The van der Waals surface area contributed by atoms with Gasteiger partial charge in [0, 0.05) is 24.1 Å². The number of hydrogen-bond acceptors (Lipinski definition) is 4. The molecule has 3 aromatic rings. The molecule has 0 saturated heterocycles. The van der Waals surface area contributed by atoms with Gasteiger partial charge in [-0.25, -0.2) is 0 Å². The number of nitro benzene ring substituents is 1. The van der Waals surface area contributed by atoms with Crippen LogP contribution in [0.5, 0.6) is 0 Å². The summed E-state index contributed by atoms with van der Waals surface area (Å²) in [5.74, 6) is -1.93. The van der Waals surface area contributed by atoms with Crippen molar-refractivity contribution in [3.05, 3.63) is 100 Å². The van der Waals surface area contributed by atoms with Crippen molar-refractivity contribution in [1.29, 1.82) is 0 Å². The molecule has 0 aromatic heterocycles. The Kier molecular flexibility index (Phi) is 6.70. The number of carboxylic acids is 1. The molecule has 0 aliphatic heterocycles. The van der Waals surface area contributed by atoms with E-state index in [1.54, 1.807) is 36.4 Å². The number of nitrogens with zero attached hydrogens (tertiary/aromatic N) is 1. The minimum absolute atomic E-state index is 0.0146. The molecule has 3 rings (SSSR count). The van der Waals surface area contributed by atoms with Crippen molar-refractivity contribution in [2.45, 2.75) is 19.3 Å². The number of benzene rings is 3. The molecule has 6 heteroatoms. The molecule has 0 spiro atoms. The second kappa shape index (κ2) is 9.60. The summed E-state index contributed by atoms with van der Waals surface area (Å²) >= 11 is 0. The highest BCUT2D eigenvalue weighted by atomic mass is 16.6. The standard InChI is InChI=1S/C24H21NO5/c26-23(16-21(24(27)28)7-6-17-4-2-1-3-5-17)20-10-8-18(9-11-20)19-12-14-22(15-13-19)25(29)30/h1-5,8-15,21H,6-7,16H2,(H,27,28). The molecule has 0 fully saturated rings. The predicted octanol–water partition coefficient (Wildman–Crippen LogP) is 5.17. The fraction of sp³-hybridized carbons (Fsp3) is 0.167. The number of aliphatic carboxylic acids is 1. The molecule has 0 aliphatic rings. The van der Waals surface area contributed by atoms with Gasteiger partial charge in [-0.15, -0.1) is 0 Å². The zero-order valence-corrected chi connectivity index (χ0v) is 16.2. The summed E-state index contributed by atoms with van der Waals surface area (Å²) < 4.78 is 0. The molecular weight excluding hydrogens is 382 g/mol. The van der Waals surface area contributed by atoms with E-state index in [-0.39, 0.29) is 17.9 Å². The summed E-state index contributed by atoms with van der Waals surface area (Å²) in [6.07, 6.45) is 0.940. The highest BCUT2D eigenvalue weighted by molar-refractivity contribution is 5.98. The SMILES string of the molecule is O=C(CC(CCc1ccccc1)C(=O)O)c1ccc(-c2ccc([N+](=O)[O-])cc2)cc1. The number of Topliss-reactive ketones (excluding diaryl/α,β-unsaturated/α-hetero) is 1. The third-order valence-electron chi connectivity index (χ3n) is 5.02. The maximum Gasteiger partial charge on any atom is 0.306 e. The average Bonchev–Trinajstić information content (AvgIpc) is 2.77. The van der Waals surface area contributed by atoms with Gasteiger partial charge in [0.15, 0.2) is 5.78 Å². The van der Waals surface area contributed by atoms with Crippen LogP contribution in [0, 0.1) is 16.0 Å². The summed E-state index contributed by atoms with van der Waals surface area (Å²) in [7, 11) is 0. The molecule has 1 N–H and O–H groups in total. The first kappa shape index (κ1) is 20.9. The van der Waals surface area contributed by atoms with Crippen molar-refractivity contribution < 1.29 is 19.6 Å². The quantitative estimate of drug-likeness (QED) is 0.302. The second-order valence-electron chi connectivity index (χ2n) is 7.07. The van der Waals surface area contributed by atoms with Crippen LogP contribution in [0.4, 0.5) is 5.69 Å². The summed E-state index contributed by atoms with van der Waals surface area (Å²) in [6.45, 7) is 0. The molecule has 3 aromatic carbocycles. The molecule has 1 atom stereocenters. The summed E-state index contributed by atoms with van der Waals surface area (Å²) in [4.78, 5) is 34.5. The van der Waals surface area contributed by atoms with Crippen LogP contribution in [0.25, 0.3) is 11.1 Å². The topological polar surface area (TPSA) is 97.5 Å². The summed E-state index contributed by atoms with van der Waals surface area (Å²) in [6, 6.07) is 22.6. The number of carbonyl (C=O) groups excluding carboxylic acids is 1. The molecule has 0 aliphatic carbocycles. The van der Waals surface area contributed by atoms with Crippen LogP contribution in [0.15, 0.2) is 78.9 Å². The molecule has 0 heterocycles. The molecule has 0 saturated carbocycles. The Morgan fingerprint density at radius 1 is 0.867 bits per heavy atom. The predicted molar refractivity (Wildman–Crippen MR) is 113 cm³/mol. The molecule has 152 valence electrons. The van der Waals surface area contributed by atoms with Gasteiger partial charge in [-0.3, -0.25) is 19.7 Å². The van der Waals surface area contributed by atoms with Gasteiger partial charge >= 0.3 is 5.97 Å². The molecule has 0 radical (unpaired) electrons. The number of carboxylic acid groups (broad SMARTS) is 1.